The van der Waals surface area contributed by atoms with E-state index in [1.165, 1.54) is 24.0 Å². The molecule has 0 aliphatic carbocycles. The van der Waals surface area contributed by atoms with E-state index in [-0.39, 0.29) is 5.92 Å². The second-order valence-corrected chi connectivity index (χ2v) is 10.6. The third-order valence-electron chi connectivity index (χ3n) is 7.05. The number of rotatable bonds is 16. The van der Waals surface area contributed by atoms with E-state index in [0.717, 1.165) is 66.6 Å². The zero-order chi connectivity index (χ0) is 27.5. The highest BCUT2D eigenvalue weighted by Gasteiger charge is 2.21. The average molecular weight is 521 g/mol. The summed E-state index contributed by atoms with van der Waals surface area (Å²) < 4.78 is 18.7. The lowest BCUT2D eigenvalue weighted by Crippen LogP contribution is -2.11. The van der Waals surface area contributed by atoms with Crippen molar-refractivity contribution in [2.75, 3.05) is 19.8 Å². The fraction of sp³-hybridized carbons (Fsp3) is 0.545. The molecule has 38 heavy (non-hydrogen) atoms. The predicted molar refractivity (Wildman–Crippen MR) is 158 cm³/mol. The molecule has 2 aromatic carbocycles. The van der Waals surface area contributed by atoms with Gasteiger partial charge in [-0.1, -0.05) is 66.5 Å². The first-order valence-electron chi connectivity index (χ1n) is 14.6. The number of benzene rings is 2. The molecule has 0 spiro atoms. The lowest BCUT2D eigenvalue weighted by atomic mass is 9.93. The van der Waals surface area contributed by atoms with Gasteiger partial charge in [-0.25, -0.2) is 4.98 Å². The van der Waals surface area contributed by atoms with Crippen molar-refractivity contribution in [3.8, 4) is 23.0 Å². The van der Waals surface area contributed by atoms with Gasteiger partial charge >= 0.3 is 0 Å². The minimum atomic E-state index is 0.243. The Morgan fingerprint density at radius 2 is 1.71 bits per heavy atom. The topological polar surface area (TPSA) is 56.5 Å². The van der Waals surface area contributed by atoms with Crippen molar-refractivity contribution < 1.29 is 13.9 Å². The molecule has 0 fully saturated rings. The summed E-state index contributed by atoms with van der Waals surface area (Å²) in [6.07, 6.45) is 5.22. The normalized spacial score (nSPS) is 12.2. The maximum atomic E-state index is 6.38. The molecule has 0 aliphatic rings. The SMILES string of the molecule is CCCCCOc1c(C)cc(-c2nc(CCOc3ccc(CNCC)cc3)c(C(C)C)o2)cc1C(C)CC. The van der Waals surface area contributed by atoms with Crippen molar-refractivity contribution in [3.63, 3.8) is 0 Å². The van der Waals surface area contributed by atoms with E-state index in [4.69, 9.17) is 18.9 Å². The molecule has 0 saturated carbocycles. The van der Waals surface area contributed by atoms with Gasteiger partial charge < -0.3 is 19.2 Å². The lowest BCUT2D eigenvalue weighted by Gasteiger charge is -2.19. The van der Waals surface area contributed by atoms with Crippen LogP contribution in [0.25, 0.3) is 11.5 Å². The first-order valence-corrected chi connectivity index (χ1v) is 14.6. The van der Waals surface area contributed by atoms with Crippen LogP contribution in [-0.4, -0.2) is 24.7 Å². The first-order chi connectivity index (χ1) is 18.4. The summed E-state index contributed by atoms with van der Waals surface area (Å²) >= 11 is 0. The van der Waals surface area contributed by atoms with E-state index >= 15 is 0 Å². The summed E-state index contributed by atoms with van der Waals surface area (Å²) in [7, 11) is 0. The van der Waals surface area contributed by atoms with Crippen LogP contribution in [0, 0.1) is 6.92 Å². The Morgan fingerprint density at radius 3 is 2.37 bits per heavy atom. The summed E-state index contributed by atoms with van der Waals surface area (Å²) in [6.45, 7) is 18.4. The average Bonchev–Trinajstić information content (AvgIpc) is 3.35. The second-order valence-electron chi connectivity index (χ2n) is 10.6. The molecule has 1 unspecified atom stereocenters. The van der Waals surface area contributed by atoms with Gasteiger partial charge in [-0.2, -0.15) is 0 Å². The minimum Gasteiger partial charge on any atom is -0.493 e. The molecule has 1 aromatic heterocycles. The van der Waals surface area contributed by atoms with E-state index in [1.54, 1.807) is 0 Å². The number of nitrogens with zero attached hydrogens (tertiary/aromatic N) is 1. The van der Waals surface area contributed by atoms with Crippen LogP contribution in [0.4, 0.5) is 0 Å². The van der Waals surface area contributed by atoms with Crippen molar-refractivity contribution in [3.05, 3.63) is 64.5 Å². The third-order valence-corrected chi connectivity index (χ3v) is 7.05. The van der Waals surface area contributed by atoms with Crippen LogP contribution in [0.5, 0.6) is 11.5 Å². The van der Waals surface area contributed by atoms with Gasteiger partial charge in [-0.15, -0.1) is 0 Å². The Kier molecular flexibility index (Phi) is 11.7. The van der Waals surface area contributed by atoms with Crippen LogP contribution < -0.4 is 14.8 Å². The molecule has 0 radical (unpaired) electrons. The molecule has 1 atom stereocenters. The monoisotopic (exact) mass is 520 g/mol. The summed E-state index contributed by atoms with van der Waals surface area (Å²) in [4.78, 5) is 4.97. The van der Waals surface area contributed by atoms with Crippen molar-refractivity contribution >= 4 is 0 Å². The van der Waals surface area contributed by atoms with Crippen molar-refractivity contribution in [1.29, 1.82) is 0 Å². The highest BCUT2D eigenvalue weighted by molar-refractivity contribution is 5.61. The molecule has 1 N–H and O–H groups in total. The van der Waals surface area contributed by atoms with Gasteiger partial charge in [0, 0.05) is 24.4 Å². The van der Waals surface area contributed by atoms with Crippen LogP contribution in [0.3, 0.4) is 0 Å². The summed E-state index contributed by atoms with van der Waals surface area (Å²) in [5, 5.41) is 3.35. The van der Waals surface area contributed by atoms with E-state index in [0.29, 0.717) is 24.8 Å². The molecule has 0 amide bonds. The third kappa shape index (κ3) is 8.10. The van der Waals surface area contributed by atoms with Gasteiger partial charge in [0.05, 0.1) is 18.9 Å². The molecule has 0 bridgehead atoms. The van der Waals surface area contributed by atoms with Gasteiger partial charge in [0.2, 0.25) is 5.89 Å². The lowest BCUT2D eigenvalue weighted by molar-refractivity contribution is 0.299. The van der Waals surface area contributed by atoms with Crippen molar-refractivity contribution in [2.24, 2.45) is 0 Å². The number of oxazole rings is 1. The van der Waals surface area contributed by atoms with E-state index in [9.17, 15) is 0 Å². The van der Waals surface area contributed by atoms with Crippen LogP contribution in [-0.2, 0) is 13.0 Å². The number of hydrogen-bond donors (Lipinski definition) is 1. The predicted octanol–water partition coefficient (Wildman–Crippen LogP) is 8.59. The number of nitrogens with one attached hydrogen (secondary N) is 1. The van der Waals surface area contributed by atoms with Crippen LogP contribution in [0.15, 0.2) is 40.8 Å². The van der Waals surface area contributed by atoms with E-state index in [2.05, 4.69) is 78.0 Å². The first kappa shape index (κ1) is 29.8. The van der Waals surface area contributed by atoms with Gasteiger partial charge in [0.15, 0.2) is 0 Å². The molecule has 0 saturated heterocycles. The highest BCUT2D eigenvalue weighted by Crippen LogP contribution is 2.37. The largest absolute Gasteiger partial charge is 0.493 e. The Hall–Kier alpha value is -2.79. The number of ether oxygens (including phenoxy) is 2. The maximum absolute atomic E-state index is 6.38. The van der Waals surface area contributed by atoms with Gasteiger partial charge in [0.25, 0.3) is 0 Å². The number of unbranched alkanes of at least 4 members (excludes halogenated alkanes) is 2. The number of aromatic nitrogens is 1. The molecule has 5 nitrogen and oxygen atoms in total. The minimum absolute atomic E-state index is 0.243. The Balaban J connectivity index is 1.77. The van der Waals surface area contributed by atoms with Crippen molar-refractivity contribution in [1.82, 2.24) is 10.3 Å². The summed E-state index contributed by atoms with van der Waals surface area (Å²) in [5.74, 6) is 4.16. The molecule has 208 valence electrons. The summed E-state index contributed by atoms with van der Waals surface area (Å²) in [6, 6.07) is 12.7. The molecule has 1 heterocycles. The van der Waals surface area contributed by atoms with Crippen LogP contribution in [0.1, 0.15) is 107 Å². The number of hydrogen-bond acceptors (Lipinski definition) is 5. The Morgan fingerprint density at radius 1 is 0.947 bits per heavy atom. The second kappa shape index (κ2) is 15.0. The van der Waals surface area contributed by atoms with Crippen molar-refractivity contribution in [2.45, 2.75) is 99.0 Å². The van der Waals surface area contributed by atoms with Gasteiger partial charge in [0.1, 0.15) is 17.3 Å². The number of aryl methyl sites for hydroxylation is 1. The van der Waals surface area contributed by atoms with E-state index in [1.807, 2.05) is 12.1 Å². The summed E-state index contributed by atoms with van der Waals surface area (Å²) in [5.41, 5.74) is 5.63. The fourth-order valence-corrected chi connectivity index (χ4v) is 4.59. The molecule has 0 aliphatic heterocycles. The smallest absolute Gasteiger partial charge is 0.226 e. The highest BCUT2D eigenvalue weighted by atomic mass is 16.5. The van der Waals surface area contributed by atoms with Gasteiger partial charge in [-0.3, -0.25) is 0 Å². The molecule has 5 heteroatoms. The quantitative estimate of drug-likeness (QED) is 0.192. The molecule has 3 rings (SSSR count). The standard InChI is InChI=1S/C33H48N2O3/c1-8-11-12-18-37-32-25(7)20-27(21-29(32)24(6)9-2)33-35-30(31(38-33)23(4)5)17-19-36-28-15-13-26(14-16-28)22-34-10-3/h13-16,20-21,23-24,34H,8-12,17-19,22H2,1-7H3. The maximum Gasteiger partial charge on any atom is 0.226 e. The fourth-order valence-electron chi connectivity index (χ4n) is 4.59. The Bertz CT molecular complexity index is 1120. The zero-order valence-electron chi connectivity index (χ0n) is 24.7. The van der Waals surface area contributed by atoms with Crippen LogP contribution >= 0.6 is 0 Å². The molecule has 3 aromatic rings. The zero-order valence-corrected chi connectivity index (χ0v) is 24.7. The Labute approximate surface area is 230 Å². The van der Waals surface area contributed by atoms with E-state index < -0.39 is 0 Å². The van der Waals surface area contributed by atoms with Crippen LogP contribution in [0.2, 0.25) is 0 Å². The van der Waals surface area contributed by atoms with Gasteiger partial charge in [-0.05, 0) is 73.2 Å². The molecular weight excluding hydrogens is 472 g/mol. The molecular formula is C33H48N2O3.